The molecule has 0 spiro atoms. The van der Waals surface area contributed by atoms with Gasteiger partial charge in [0.15, 0.2) is 0 Å². The molecule has 6 heavy (non-hydrogen) atoms. The monoisotopic (exact) mass is 88.1 g/mol. The maximum absolute atomic E-state index is 6.25. The van der Waals surface area contributed by atoms with E-state index in [2.05, 4.69) is 9.85 Å². The highest BCUT2D eigenvalue weighted by Gasteiger charge is 1.71. The second-order valence-corrected chi connectivity index (χ2v) is 0.875. The molecule has 0 atom stereocenters. The van der Waals surface area contributed by atoms with Crippen LogP contribution in [0.1, 0.15) is 0 Å². The van der Waals surface area contributed by atoms with Gasteiger partial charge in [-0.2, -0.15) is 5.11 Å². The van der Waals surface area contributed by atoms with Crippen LogP contribution in [-0.2, 0) is 4.74 Å². The summed E-state index contributed by atoms with van der Waals surface area (Å²) in [4.78, 5) is 0. The number of hydrogen-bond acceptors (Lipinski definition) is 3. The van der Waals surface area contributed by atoms with Crippen LogP contribution in [0.3, 0.4) is 0 Å². The highest BCUT2D eigenvalue weighted by atomic mass is 16.5. The van der Waals surface area contributed by atoms with Gasteiger partial charge in [0.25, 0.3) is 0 Å². The fourth-order valence-electron chi connectivity index (χ4n) is 0.137. The van der Waals surface area contributed by atoms with Gasteiger partial charge >= 0.3 is 0 Å². The third-order valence-electron chi connectivity index (χ3n) is 0.407. The van der Waals surface area contributed by atoms with Crippen LogP contribution in [0.15, 0.2) is 5.11 Å². The summed E-state index contributed by atoms with van der Waals surface area (Å²) >= 11 is 0. The van der Waals surface area contributed by atoms with Crippen LogP contribution in [0.5, 0.6) is 0 Å². The minimum absolute atomic E-state index is 0.483. The zero-order chi connectivity index (χ0) is 4.83. The van der Waals surface area contributed by atoms with E-state index in [1.807, 2.05) is 0 Å². The predicted octanol–water partition coefficient (Wildman–Crippen LogP) is 0.664. The molecule has 1 N–H and O–H groups in total. The smallest absolute Gasteiger partial charge is 0.0830 e. The minimum Gasteiger partial charge on any atom is -0.383 e. The van der Waals surface area contributed by atoms with Crippen LogP contribution in [-0.4, -0.2) is 20.3 Å². The molecule has 0 aliphatic rings. The molecule has 0 unspecified atom stereocenters. The Kier molecular flexibility index (Phi) is 4.23. The van der Waals surface area contributed by atoms with Crippen molar-refractivity contribution in [1.82, 2.24) is 0 Å². The Hall–Kier alpha value is -0.440. The number of nitrogens with one attached hydrogen (secondary N) is 1. The van der Waals surface area contributed by atoms with E-state index in [4.69, 9.17) is 5.53 Å². The van der Waals surface area contributed by atoms with Gasteiger partial charge in [0.1, 0.15) is 0 Å². The molecular formula is C3H8N2O. The molecule has 0 rings (SSSR count). The average molecular weight is 88.1 g/mol. The van der Waals surface area contributed by atoms with Crippen molar-refractivity contribution in [3.05, 3.63) is 0 Å². The van der Waals surface area contributed by atoms with Crippen LogP contribution in [0.2, 0.25) is 0 Å². The van der Waals surface area contributed by atoms with E-state index in [9.17, 15) is 0 Å². The quantitative estimate of drug-likeness (QED) is 0.400. The molecule has 0 heterocycles. The SMILES string of the molecule is COCCN=N. The highest BCUT2D eigenvalue weighted by molar-refractivity contribution is 4.26. The Morgan fingerprint density at radius 1 is 1.83 bits per heavy atom. The Labute approximate surface area is 36.8 Å². The lowest BCUT2D eigenvalue weighted by Crippen LogP contribution is -1.89. The predicted molar refractivity (Wildman–Crippen MR) is 21.9 cm³/mol. The van der Waals surface area contributed by atoms with Crippen molar-refractivity contribution in [2.24, 2.45) is 5.11 Å². The Morgan fingerprint density at radius 2 is 2.50 bits per heavy atom. The molecule has 0 aromatic rings. The molecule has 3 nitrogen and oxygen atoms in total. The largest absolute Gasteiger partial charge is 0.383 e. The van der Waals surface area contributed by atoms with Gasteiger partial charge in [-0.25, -0.2) is 5.53 Å². The molecular weight excluding hydrogens is 80.0 g/mol. The van der Waals surface area contributed by atoms with Crippen LogP contribution in [0.25, 0.3) is 0 Å². The van der Waals surface area contributed by atoms with Crippen molar-refractivity contribution in [2.45, 2.75) is 0 Å². The first-order valence-corrected chi connectivity index (χ1v) is 1.74. The lowest BCUT2D eigenvalue weighted by Gasteiger charge is -1.85. The summed E-state index contributed by atoms with van der Waals surface area (Å²) in [5.74, 6) is 0. The van der Waals surface area contributed by atoms with E-state index in [-0.39, 0.29) is 0 Å². The van der Waals surface area contributed by atoms with Gasteiger partial charge in [0.2, 0.25) is 0 Å². The van der Waals surface area contributed by atoms with Crippen LogP contribution >= 0.6 is 0 Å². The summed E-state index contributed by atoms with van der Waals surface area (Å²) in [6, 6.07) is 0. The standard InChI is InChI=1S/C3H8N2O/c1-6-3-2-5-4/h4H,2-3H2,1H3. The number of hydrogen-bond donors (Lipinski definition) is 1. The van der Waals surface area contributed by atoms with Crippen LogP contribution in [0.4, 0.5) is 0 Å². The Bertz CT molecular complexity index is 37.8. The normalized spacial score (nSPS) is 8.17. The molecule has 0 fully saturated rings. The van der Waals surface area contributed by atoms with Gasteiger partial charge in [-0.3, -0.25) is 0 Å². The molecule has 0 saturated carbocycles. The first-order chi connectivity index (χ1) is 2.91. The zero-order valence-corrected chi connectivity index (χ0v) is 3.77. The lowest BCUT2D eigenvalue weighted by atomic mass is 10.7. The lowest BCUT2D eigenvalue weighted by molar-refractivity contribution is 0.206. The average Bonchev–Trinajstić information content (AvgIpc) is 1.61. The van der Waals surface area contributed by atoms with Gasteiger partial charge in [-0.05, 0) is 0 Å². The maximum Gasteiger partial charge on any atom is 0.0830 e. The van der Waals surface area contributed by atoms with Gasteiger partial charge in [-0.1, -0.05) is 0 Å². The number of methoxy groups -OCH3 is 1. The highest BCUT2D eigenvalue weighted by Crippen LogP contribution is 1.66. The van der Waals surface area contributed by atoms with Crippen LogP contribution < -0.4 is 0 Å². The molecule has 36 valence electrons. The Morgan fingerprint density at radius 3 is 2.67 bits per heavy atom. The molecule has 0 aromatic carbocycles. The molecule has 0 aliphatic carbocycles. The second-order valence-electron chi connectivity index (χ2n) is 0.875. The molecule has 0 radical (unpaired) electrons. The zero-order valence-electron chi connectivity index (χ0n) is 3.77. The van der Waals surface area contributed by atoms with Crippen molar-refractivity contribution in [2.75, 3.05) is 20.3 Å². The van der Waals surface area contributed by atoms with Gasteiger partial charge < -0.3 is 4.74 Å². The first-order valence-electron chi connectivity index (χ1n) is 1.74. The van der Waals surface area contributed by atoms with E-state index in [1.54, 1.807) is 7.11 Å². The summed E-state index contributed by atoms with van der Waals surface area (Å²) in [5, 5.41) is 3.05. The van der Waals surface area contributed by atoms with Crippen molar-refractivity contribution < 1.29 is 4.74 Å². The summed E-state index contributed by atoms with van der Waals surface area (Å²) in [5.41, 5.74) is 6.25. The van der Waals surface area contributed by atoms with Gasteiger partial charge in [-0.15, -0.1) is 0 Å². The maximum atomic E-state index is 6.25. The van der Waals surface area contributed by atoms with Crippen molar-refractivity contribution in [3.8, 4) is 0 Å². The third-order valence-corrected chi connectivity index (χ3v) is 0.407. The van der Waals surface area contributed by atoms with Gasteiger partial charge in [0.05, 0.1) is 13.2 Å². The topological polar surface area (TPSA) is 45.4 Å². The molecule has 0 aromatic heterocycles. The van der Waals surface area contributed by atoms with Crippen LogP contribution in [0, 0.1) is 5.53 Å². The summed E-state index contributed by atoms with van der Waals surface area (Å²) < 4.78 is 4.57. The summed E-state index contributed by atoms with van der Waals surface area (Å²) in [6.07, 6.45) is 0. The van der Waals surface area contributed by atoms with E-state index < -0.39 is 0 Å². The summed E-state index contributed by atoms with van der Waals surface area (Å²) in [7, 11) is 1.59. The van der Waals surface area contributed by atoms with Crippen molar-refractivity contribution in [1.29, 1.82) is 5.53 Å². The number of ether oxygens (including phenoxy) is 1. The molecule has 0 amide bonds. The van der Waals surface area contributed by atoms with E-state index in [1.165, 1.54) is 0 Å². The Balaban J connectivity index is 2.49. The van der Waals surface area contributed by atoms with E-state index in [0.29, 0.717) is 13.2 Å². The van der Waals surface area contributed by atoms with Gasteiger partial charge in [0, 0.05) is 7.11 Å². The summed E-state index contributed by atoms with van der Waals surface area (Å²) in [6.45, 7) is 1.04. The first kappa shape index (κ1) is 5.56. The van der Waals surface area contributed by atoms with Crippen molar-refractivity contribution in [3.63, 3.8) is 0 Å². The molecule has 0 aliphatic heterocycles. The fraction of sp³-hybridized carbons (Fsp3) is 1.00. The fourth-order valence-corrected chi connectivity index (χ4v) is 0.137. The molecule has 0 bridgehead atoms. The molecule has 0 saturated heterocycles. The third kappa shape index (κ3) is 3.56. The number of nitrogens with zero attached hydrogens (tertiary/aromatic N) is 1. The van der Waals surface area contributed by atoms with E-state index in [0.717, 1.165) is 0 Å². The minimum atomic E-state index is 0.483. The molecule has 3 heteroatoms. The van der Waals surface area contributed by atoms with E-state index >= 15 is 0 Å². The number of rotatable bonds is 3. The van der Waals surface area contributed by atoms with Crippen molar-refractivity contribution >= 4 is 0 Å². The second kappa shape index (κ2) is 4.56.